The fourth-order valence-corrected chi connectivity index (χ4v) is 6.12. The van der Waals surface area contributed by atoms with Crippen molar-refractivity contribution in [3.05, 3.63) is 63.3 Å². The third-order valence-corrected chi connectivity index (χ3v) is 8.48. The number of alkyl halides is 2. The highest BCUT2D eigenvalue weighted by Crippen LogP contribution is 2.35. The Morgan fingerprint density at radius 2 is 1.87 bits per heavy atom. The van der Waals surface area contributed by atoms with Gasteiger partial charge in [-0.25, -0.2) is 8.78 Å². The third kappa shape index (κ3) is 8.09. The second kappa shape index (κ2) is 13.5. The van der Waals surface area contributed by atoms with E-state index in [0.717, 1.165) is 28.1 Å². The number of carbonyl (C=O) groups is 1. The number of carbonyl (C=O) groups excluding carboxylic acids is 1. The highest BCUT2D eigenvalue weighted by molar-refractivity contribution is 7.16. The molecule has 1 amide bonds. The molecule has 0 spiro atoms. The zero-order valence-electron chi connectivity index (χ0n) is 22.3. The summed E-state index contributed by atoms with van der Waals surface area (Å²) in [4.78, 5) is 29.2. The van der Waals surface area contributed by atoms with E-state index in [-0.39, 0.29) is 35.4 Å². The second-order valence-corrected chi connectivity index (χ2v) is 11.4. The molecule has 4 N–H and O–H groups in total. The van der Waals surface area contributed by atoms with Crippen LogP contribution in [0.25, 0.3) is 10.2 Å². The van der Waals surface area contributed by atoms with E-state index < -0.39 is 5.92 Å². The Morgan fingerprint density at radius 1 is 1.13 bits per heavy atom. The number of phenolic OH excluding ortho intramolecular Hbond substituents is 1. The van der Waals surface area contributed by atoms with E-state index in [0.29, 0.717) is 63.3 Å². The molecule has 0 radical (unpaired) electrons. The zero-order chi connectivity index (χ0) is 27.8. The number of fused-ring (bicyclic) bond motifs is 1. The lowest BCUT2D eigenvalue weighted by Gasteiger charge is -2.37. The fraction of sp³-hybridized carbons (Fsp3) is 0.517. The standard InChI is InChI=1S/C29H38F2N4O3S/c1-20(21-5-3-2-4-6-21)19-33-16-12-25(37)35(23-9-13-29(30,31)14-10-23)18-17-32-15-11-22-7-8-24(36)26-27(22)39-28(38)34-26/h2-8,20,23,32-33,36H,9-19H2,1H3,(H,34,38). The topological polar surface area (TPSA) is 97.5 Å². The molecule has 1 heterocycles. The average molecular weight is 561 g/mol. The smallest absolute Gasteiger partial charge is 0.305 e. The van der Waals surface area contributed by atoms with Crippen LogP contribution in [0.4, 0.5) is 8.78 Å². The number of H-pyrrole nitrogens is 1. The molecular formula is C29H38F2N4O3S. The van der Waals surface area contributed by atoms with Gasteiger partial charge in [-0.15, -0.1) is 0 Å². The van der Waals surface area contributed by atoms with Gasteiger partial charge < -0.3 is 25.6 Å². The second-order valence-electron chi connectivity index (χ2n) is 10.4. The molecule has 1 aliphatic carbocycles. The van der Waals surface area contributed by atoms with Crippen LogP contribution in [0.3, 0.4) is 0 Å². The number of aromatic hydroxyl groups is 1. The predicted octanol–water partition coefficient (Wildman–Crippen LogP) is 4.62. The summed E-state index contributed by atoms with van der Waals surface area (Å²) in [5.41, 5.74) is 2.66. The number of benzene rings is 2. The summed E-state index contributed by atoms with van der Waals surface area (Å²) in [6, 6.07) is 13.4. The van der Waals surface area contributed by atoms with Gasteiger partial charge in [0, 0.05) is 51.5 Å². The van der Waals surface area contributed by atoms with E-state index in [9.17, 15) is 23.5 Å². The Hall–Kier alpha value is -2.82. The average Bonchev–Trinajstić information content (AvgIpc) is 3.33. The summed E-state index contributed by atoms with van der Waals surface area (Å²) in [6.07, 6.45) is 1.24. The minimum atomic E-state index is -2.64. The van der Waals surface area contributed by atoms with Crippen molar-refractivity contribution in [1.82, 2.24) is 20.5 Å². The maximum absolute atomic E-state index is 13.8. The molecule has 1 fully saturated rings. The number of aromatic nitrogens is 1. The van der Waals surface area contributed by atoms with Crippen LogP contribution >= 0.6 is 11.3 Å². The van der Waals surface area contributed by atoms with Gasteiger partial charge in [-0.1, -0.05) is 54.7 Å². The highest BCUT2D eigenvalue weighted by Gasteiger charge is 2.37. The Bertz CT molecular complexity index is 1270. The summed E-state index contributed by atoms with van der Waals surface area (Å²) in [7, 11) is 0. The molecule has 10 heteroatoms. The lowest BCUT2D eigenvalue weighted by molar-refractivity contribution is -0.136. The number of hydrogen-bond acceptors (Lipinski definition) is 6. The minimum absolute atomic E-state index is 0.00998. The van der Waals surface area contributed by atoms with Gasteiger partial charge in [-0.2, -0.15) is 0 Å². The number of amides is 1. The van der Waals surface area contributed by atoms with Crippen LogP contribution in [-0.2, 0) is 11.2 Å². The minimum Gasteiger partial charge on any atom is -0.506 e. The normalized spacial score (nSPS) is 16.4. The van der Waals surface area contributed by atoms with Crippen molar-refractivity contribution >= 4 is 27.5 Å². The number of rotatable bonds is 13. The molecule has 4 rings (SSSR count). The van der Waals surface area contributed by atoms with E-state index in [2.05, 4.69) is 34.7 Å². The number of hydrogen-bond donors (Lipinski definition) is 4. The van der Waals surface area contributed by atoms with Crippen LogP contribution < -0.4 is 15.5 Å². The number of thiazole rings is 1. The number of phenols is 1. The van der Waals surface area contributed by atoms with Gasteiger partial charge in [0.2, 0.25) is 11.8 Å². The molecular weight excluding hydrogens is 522 g/mol. The Morgan fingerprint density at radius 3 is 2.62 bits per heavy atom. The molecule has 0 saturated heterocycles. The molecule has 2 aromatic carbocycles. The lowest BCUT2D eigenvalue weighted by Crippen LogP contribution is -2.47. The first kappa shape index (κ1) is 29.2. The number of nitrogens with zero attached hydrogens (tertiary/aromatic N) is 1. The molecule has 7 nitrogen and oxygen atoms in total. The van der Waals surface area contributed by atoms with Crippen LogP contribution in [0.2, 0.25) is 0 Å². The van der Waals surface area contributed by atoms with E-state index >= 15 is 0 Å². The highest BCUT2D eigenvalue weighted by atomic mass is 32.1. The number of halogens is 2. The van der Waals surface area contributed by atoms with Gasteiger partial charge in [0.05, 0.1) is 4.70 Å². The summed E-state index contributed by atoms with van der Waals surface area (Å²) < 4.78 is 28.3. The van der Waals surface area contributed by atoms with Gasteiger partial charge in [-0.05, 0) is 48.9 Å². The SMILES string of the molecule is CC(CNCCC(=O)N(CCNCCc1ccc(O)c2[nH]c(=O)sc12)C1CCC(F)(F)CC1)c1ccccc1. The Labute approximate surface area is 231 Å². The van der Waals surface area contributed by atoms with Crippen LogP contribution in [0.5, 0.6) is 5.75 Å². The van der Waals surface area contributed by atoms with Crippen LogP contribution in [0.1, 0.15) is 56.1 Å². The predicted molar refractivity (Wildman–Crippen MR) is 152 cm³/mol. The van der Waals surface area contributed by atoms with Crippen molar-refractivity contribution in [1.29, 1.82) is 0 Å². The molecule has 3 aromatic rings. The molecule has 0 aliphatic heterocycles. The van der Waals surface area contributed by atoms with Crippen molar-refractivity contribution in [3.63, 3.8) is 0 Å². The van der Waals surface area contributed by atoms with Gasteiger partial charge in [0.25, 0.3) is 0 Å². The monoisotopic (exact) mass is 560 g/mol. The van der Waals surface area contributed by atoms with E-state index in [4.69, 9.17) is 0 Å². The van der Waals surface area contributed by atoms with Gasteiger partial charge >= 0.3 is 4.87 Å². The molecule has 39 heavy (non-hydrogen) atoms. The fourth-order valence-electron chi connectivity index (χ4n) is 5.22. The summed E-state index contributed by atoms with van der Waals surface area (Å²) >= 11 is 1.07. The molecule has 0 bridgehead atoms. The molecule has 1 aliphatic rings. The third-order valence-electron chi connectivity index (χ3n) is 7.52. The first-order valence-corrected chi connectivity index (χ1v) is 14.5. The molecule has 1 atom stereocenters. The summed E-state index contributed by atoms with van der Waals surface area (Å²) in [5.74, 6) is -2.28. The first-order chi connectivity index (χ1) is 18.7. The maximum Gasteiger partial charge on any atom is 0.305 e. The quantitative estimate of drug-likeness (QED) is 0.229. The number of nitrogens with one attached hydrogen (secondary N) is 3. The van der Waals surface area contributed by atoms with Crippen molar-refractivity contribution in [3.8, 4) is 5.75 Å². The van der Waals surface area contributed by atoms with Gasteiger partial charge in [-0.3, -0.25) is 9.59 Å². The zero-order valence-corrected chi connectivity index (χ0v) is 23.2. The molecule has 212 valence electrons. The van der Waals surface area contributed by atoms with E-state index in [1.807, 2.05) is 24.3 Å². The van der Waals surface area contributed by atoms with Crippen LogP contribution in [0, 0.1) is 0 Å². The molecule has 1 saturated carbocycles. The van der Waals surface area contributed by atoms with Crippen LogP contribution in [0.15, 0.2) is 47.3 Å². The summed E-state index contributed by atoms with van der Waals surface area (Å²) in [5, 5.41) is 16.7. The van der Waals surface area contributed by atoms with E-state index in [1.54, 1.807) is 11.0 Å². The number of aromatic amines is 1. The molecule has 1 aromatic heterocycles. The Kier molecular flexibility index (Phi) is 10.1. The molecule has 1 unspecified atom stereocenters. The first-order valence-electron chi connectivity index (χ1n) is 13.7. The van der Waals surface area contributed by atoms with Gasteiger partial charge in [0.15, 0.2) is 0 Å². The van der Waals surface area contributed by atoms with Crippen molar-refractivity contribution in [2.45, 2.75) is 63.3 Å². The largest absolute Gasteiger partial charge is 0.506 e. The van der Waals surface area contributed by atoms with Crippen molar-refractivity contribution in [2.75, 3.05) is 32.7 Å². The van der Waals surface area contributed by atoms with Gasteiger partial charge in [0.1, 0.15) is 11.3 Å². The maximum atomic E-state index is 13.8. The van der Waals surface area contributed by atoms with Crippen molar-refractivity contribution < 1.29 is 18.7 Å². The van der Waals surface area contributed by atoms with Crippen LogP contribution in [-0.4, -0.2) is 65.6 Å². The van der Waals surface area contributed by atoms with E-state index in [1.165, 1.54) is 5.56 Å². The lowest BCUT2D eigenvalue weighted by atomic mass is 9.91. The Balaban J connectivity index is 1.26. The summed E-state index contributed by atoms with van der Waals surface area (Å²) in [6.45, 7) is 5.06. The van der Waals surface area contributed by atoms with Crippen molar-refractivity contribution in [2.24, 2.45) is 0 Å².